The van der Waals surface area contributed by atoms with Crippen LogP contribution >= 0.6 is 0 Å². The third kappa shape index (κ3) is 2.00. The van der Waals surface area contributed by atoms with E-state index in [9.17, 15) is 10.2 Å². The Morgan fingerprint density at radius 3 is 2.75 bits per heavy atom. The molecule has 2 N–H and O–H groups in total. The summed E-state index contributed by atoms with van der Waals surface area (Å²) in [4.78, 5) is 2.13. The lowest BCUT2D eigenvalue weighted by molar-refractivity contribution is 0.0643. The van der Waals surface area contributed by atoms with Crippen molar-refractivity contribution in [1.82, 2.24) is 0 Å². The van der Waals surface area contributed by atoms with Gasteiger partial charge in [-0.15, -0.1) is 0 Å². The molecule has 1 aromatic carbocycles. The molecule has 88 valence electrons. The van der Waals surface area contributed by atoms with Crippen molar-refractivity contribution < 1.29 is 10.2 Å². The smallest absolute Gasteiger partial charge is 0.121 e. The highest BCUT2D eigenvalue weighted by Crippen LogP contribution is 2.43. The zero-order valence-corrected chi connectivity index (χ0v) is 10.1. The Morgan fingerprint density at radius 2 is 2.12 bits per heavy atom. The van der Waals surface area contributed by atoms with Crippen molar-refractivity contribution in [2.75, 3.05) is 18.5 Å². The Labute approximate surface area is 96.3 Å². The molecular formula is C13H19NO2. The normalized spacial score (nSPS) is 20.0. The Balaban J connectivity index is 2.35. The van der Waals surface area contributed by atoms with E-state index >= 15 is 0 Å². The van der Waals surface area contributed by atoms with Crippen molar-refractivity contribution in [3.63, 3.8) is 0 Å². The van der Waals surface area contributed by atoms with Crippen molar-refractivity contribution in [2.45, 2.75) is 31.8 Å². The lowest BCUT2D eigenvalue weighted by Crippen LogP contribution is -2.25. The number of nitrogens with zero attached hydrogens (tertiary/aromatic N) is 1. The van der Waals surface area contributed by atoms with E-state index in [1.54, 1.807) is 6.07 Å². The lowest BCUT2D eigenvalue weighted by atomic mass is 9.89. The second-order valence-corrected chi connectivity index (χ2v) is 5.30. The predicted octanol–water partition coefficient (Wildman–Crippen LogP) is 2.09. The molecule has 1 aliphatic rings. The maximum absolute atomic E-state index is 9.91. The molecule has 0 bridgehead atoms. The molecule has 3 heteroatoms. The van der Waals surface area contributed by atoms with Crippen LogP contribution in [0.15, 0.2) is 18.2 Å². The van der Waals surface area contributed by atoms with E-state index in [1.165, 1.54) is 0 Å². The molecule has 1 aliphatic heterocycles. The van der Waals surface area contributed by atoms with Crippen LogP contribution in [0.1, 0.15) is 31.7 Å². The zero-order chi connectivity index (χ0) is 11.9. The van der Waals surface area contributed by atoms with Crippen LogP contribution in [-0.2, 0) is 0 Å². The van der Waals surface area contributed by atoms with Crippen LogP contribution in [0.4, 0.5) is 5.69 Å². The average Bonchev–Trinajstić information content (AvgIpc) is 2.42. The van der Waals surface area contributed by atoms with Gasteiger partial charge in [-0.1, -0.05) is 6.07 Å². The van der Waals surface area contributed by atoms with Gasteiger partial charge in [-0.2, -0.15) is 0 Å². The van der Waals surface area contributed by atoms with Crippen molar-refractivity contribution in [3.05, 3.63) is 23.8 Å². The van der Waals surface area contributed by atoms with E-state index in [0.29, 0.717) is 12.2 Å². The number of aromatic hydroxyl groups is 1. The van der Waals surface area contributed by atoms with E-state index < -0.39 is 5.60 Å². The number of hydrogen-bond donors (Lipinski definition) is 2. The van der Waals surface area contributed by atoms with Gasteiger partial charge in [0.1, 0.15) is 5.75 Å². The first kappa shape index (κ1) is 11.3. The first-order valence-corrected chi connectivity index (χ1v) is 5.64. The number of phenols is 1. The number of likely N-dealkylation sites (N-methyl/N-ethyl adjacent to an activating group) is 1. The van der Waals surface area contributed by atoms with E-state index in [4.69, 9.17) is 0 Å². The van der Waals surface area contributed by atoms with Gasteiger partial charge < -0.3 is 15.1 Å². The average molecular weight is 221 g/mol. The minimum Gasteiger partial charge on any atom is -0.508 e. The van der Waals surface area contributed by atoms with Gasteiger partial charge in [-0.3, -0.25) is 0 Å². The lowest BCUT2D eigenvalue weighted by Gasteiger charge is -2.22. The van der Waals surface area contributed by atoms with Crippen molar-refractivity contribution in [1.29, 1.82) is 0 Å². The maximum Gasteiger partial charge on any atom is 0.121 e. The first-order valence-electron chi connectivity index (χ1n) is 5.64. The molecule has 1 unspecified atom stereocenters. The second kappa shape index (κ2) is 3.67. The summed E-state index contributed by atoms with van der Waals surface area (Å²) < 4.78 is 0. The standard InChI is InChI=1S/C13H19NO2/c1-13(2,16)7-9-8-14(3)10-5-4-6-11(15)12(9)10/h4-6,9,15-16H,7-8H2,1-3H3. The number of hydrogen-bond acceptors (Lipinski definition) is 3. The third-order valence-electron chi connectivity index (χ3n) is 3.12. The van der Waals surface area contributed by atoms with Crippen LogP contribution in [0.5, 0.6) is 5.75 Å². The summed E-state index contributed by atoms with van der Waals surface area (Å²) in [7, 11) is 2.02. The van der Waals surface area contributed by atoms with Crippen LogP contribution in [0, 0.1) is 0 Å². The van der Waals surface area contributed by atoms with E-state index in [1.807, 2.05) is 33.0 Å². The Kier molecular flexibility index (Phi) is 2.58. The molecule has 0 fully saturated rings. The predicted molar refractivity (Wildman–Crippen MR) is 65.0 cm³/mol. The number of aliphatic hydroxyl groups is 1. The molecule has 1 aromatic rings. The van der Waals surface area contributed by atoms with Gasteiger partial charge in [0.15, 0.2) is 0 Å². The van der Waals surface area contributed by atoms with Gasteiger partial charge in [0.2, 0.25) is 0 Å². The summed E-state index contributed by atoms with van der Waals surface area (Å²) in [6.45, 7) is 4.48. The van der Waals surface area contributed by atoms with Gasteiger partial charge >= 0.3 is 0 Å². The Morgan fingerprint density at radius 1 is 1.44 bits per heavy atom. The molecule has 0 spiro atoms. The number of fused-ring (bicyclic) bond motifs is 1. The summed E-state index contributed by atoms with van der Waals surface area (Å²) >= 11 is 0. The van der Waals surface area contributed by atoms with Gasteiger partial charge in [0.05, 0.1) is 5.60 Å². The Hall–Kier alpha value is -1.22. The van der Waals surface area contributed by atoms with Crippen LogP contribution in [0.2, 0.25) is 0 Å². The fourth-order valence-electron chi connectivity index (χ4n) is 2.58. The molecule has 0 saturated carbocycles. The SMILES string of the molecule is CN1CC(CC(C)(C)O)c2c(O)cccc21. The van der Waals surface area contributed by atoms with Gasteiger partial charge in [-0.25, -0.2) is 0 Å². The third-order valence-corrected chi connectivity index (χ3v) is 3.12. The van der Waals surface area contributed by atoms with Crippen LogP contribution in [0.25, 0.3) is 0 Å². The molecule has 16 heavy (non-hydrogen) atoms. The summed E-state index contributed by atoms with van der Waals surface area (Å²) in [5.41, 5.74) is 1.36. The summed E-state index contributed by atoms with van der Waals surface area (Å²) in [5, 5.41) is 19.8. The van der Waals surface area contributed by atoms with Crippen LogP contribution < -0.4 is 4.90 Å². The highest BCUT2D eigenvalue weighted by atomic mass is 16.3. The molecule has 0 amide bonds. The van der Waals surface area contributed by atoms with E-state index in [-0.39, 0.29) is 5.92 Å². The maximum atomic E-state index is 9.91. The molecule has 0 radical (unpaired) electrons. The molecule has 3 nitrogen and oxygen atoms in total. The van der Waals surface area contributed by atoms with Crippen molar-refractivity contribution >= 4 is 5.69 Å². The highest BCUT2D eigenvalue weighted by Gasteiger charge is 2.32. The van der Waals surface area contributed by atoms with Gasteiger partial charge in [0, 0.05) is 30.8 Å². The summed E-state index contributed by atoms with van der Waals surface area (Å²) in [5.74, 6) is 0.553. The first-order chi connectivity index (χ1) is 7.38. The fraction of sp³-hybridized carbons (Fsp3) is 0.538. The van der Waals surface area contributed by atoms with E-state index in [2.05, 4.69) is 4.90 Å². The minimum absolute atomic E-state index is 0.209. The Bertz CT molecular complexity index is 395. The van der Waals surface area contributed by atoms with Gasteiger partial charge in [0.25, 0.3) is 0 Å². The molecule has 1 atom stereocenters. The van der Waals surface area contributed by atoms with Crippen molar-refractivity contribution in [2.24, 2.45) is 0 Å². The fourth-order valence-corrected chi connectivity index (χ4v) is 2.58. The minimum atomic E-state index is -0.699. The summed E-state index contributed by atoms with van der Waals surface area (Å²) in [6, 6.07) is 5.59. The molecular weight excluding hydrogens is 202 g/mol. The zero-order valence-electron chi connectivity index (χ0n) is 10.1. The molecule has 0 saturated heterocycles. The largest absolute Gasteiger partial charge is 0.508 e. The monoisotopic (exact) mass is 221 g/mol. The number of benzene rings is 1. The van der Waals surface area contributed by atoms with Gasteiger partial charge in [-0.05, 0) is 32.4 Å². The van der Waals surface area contributed by atoms with Crippen molar-refractivity contribution in [3.8, 4) is 5.75 Å². The topological polar surface area (TPSA) is 43.7 Å². The second-order valence-electron chi connectivity index (χ2n) is 5.30. The molecule has 1 heterocycles. The molecule has 2 rings (SSSR count). The van der Waals surface area contributed by atoms with E-state index in [0.717, 1.165) is 17.8 Å². The molecule has 0 aliphatic carbocycles. The van der Waals surface area contributed by atoms with Crippen LogP contribution in [0.3, 0.4) is 0 Å². The highest BCUT2D eigenvalue weighted by molar-refractivity contribution is 5.64. The van der Waals surface area contributed by atoms with Crippen LogP contribution in [-0.4, -0.2) is 29.4 Å². The summed E-state index contributed by atoms with van der Waals surface area (Å²) in [6.07, 6.45) is 0.669. The molecule has 0 aromatic heterocycles. The quantitative estimate of drug-likeness (QED) is 0.803. The number of phenolic OH excluding ortho intramolecular Hbond substituents is 1. The number of anilines is 1. The number of rotatable bonds is 2.